The molecule has 0 unspecified atom stereocenters. The lowest BCUT2D eigenvalue weighted by Gasteiger charge is -2.45. The molecule has 2 aliphatic heterocycles. The molecule has 3 aliphatic rings. The summed E-state index contributed by atoms with van der Waals surface area (Å²) in [6.07, 6.45) is 8.59. The first-order valence-corrected chi connectivity index (χ1v) is 10.8. The van der Waals surface area contributed by atoms with Crippen LogP contribution < -0.4 is 10.1 Å². The van der Waals surface area contributed by atoms with Gasteiger partial charge in [0.15, 0.2) is 10.9 Å². The van der Waals surface area contributed by atoms with Crippen LogP contribution in [0.3, 0.4) is 0 Å². The van der Waals surface area contributed by atoms with Gasteiger partial charge in [-0.1, -0.05) is 25.3 Å². The number of ether oxygens (including phenoxy) is 1. The van der Waals surface area contributed by atoms with E-state index in [1.807, 2.05) is 19.9 Å². The standard InChI is InChI=1S/C22H30N2O2S/c1-15-12-16(2)20-18(13-15)19(25)14-22(26-20)8-10-24(11-9-22)21(27)23-17-6-4-3-5-7-17/h12-13,17H,3-11,14H2,1-2H3,(H,23,27). The molecule has 0 bridgehead atoms. The van der Waals surface area contributed by atoms with Gasteiger partial charge in [-0.05, 0) is 56.1 Å². The Morgan fingerprint density at radius 1 is 1.19 bits per heavy atom. The third kappa shape index (κ3) is 3.84. The second-order valence-electron chi connectivity index (χ2n) is 8.62. The van der Waals surface area contributed by atoms with Crippen LogP contribution >= 0.6 is 12.2 Å². The molecule has 4 nitrogen and oxygen atoms in total. The monoisotopic (exact) mass is 386 g/mol. The van der Waals surface area contributed by atoms with Crippen molar-refractivity contribution in [3.63, 3.8) is 0 Å². The fourth-order valence-corrected chi connectivity index (χ4v) is 5.20. The van der Waals surface area contributed by atoms with Crippen molar-refractivity contribution < 1.29 is 9.53 Å². The average Bonchev–Trinajstić information content (AvgIpc) is 2.64. The SMILES string of the molecule is Cc1cc(C)c2c(c1)C(=O)CC1(CCN(C(=S)NC3CCCCC3)CC1)O2. The van der Waals surface area contributed by atoms with E-state index >= 15 is 0 Å². The minimum atomic E-state index is -0.360. The second kappa shape index (κ2) is 7.42. The molecule has 1 saturated heterocycles. The molecule has 1 aromatic rings. The van der Waals surface area contributed by atoms with E-state index < -0.39 is 0 Å². The van der Waals surface area contributed by atoms with Crippen molar-refractivity contribution in [2.75, 3.05) is 13.1 Å². The van der Waals surface area contributed by atoms with E-state index in [1.54, 1.807) is 0 Å². The van der Waals surface area contributed by atoms with Crippen LogP contribution in [0.4, 0.5) is 0 Å². The number of thiocarbonyl (C=S) groups is 1. The van der Waals surface area contributed by atoms with E-state index in [2.05, 4.69) is 16.3 Å². The molecule has 27 heavy (non-hydrogen) atoms. The largest absolute Gasteiger partial charge is 0.486 e. The van der Waals surface area contributed by atoms with Gasteiger partial charge in [0.2, 0.25) is 0 Å². The number of carbonyl (C=O) groups excluding carboxylic acids is 1. The first-order chi connectivity index (χ1) is 13.0. The zero-order chi connectivity index (χ0) is 19.0. The first-order valence-electron chi connectivity index (χ1n) is 10.3. The maximum absolute atomic E-state index is 12.8. The topological polar surface area (TPSA) is 41.6 Å². The van der Waals surface area contributed by atoms with E-state index in [4.69, 9.17) is 17.0 Å². The van der Waals surface area contributed by atoms with Gasteiger partial charge in [-0.15, -0.1) is 0 Å². The molecule has 2 fully saturated rings. The summed E-state index contributed by atoms with van der Waals surface area (Å²) in [7, 11) is 0. The summed E-state index contributed by atoms with van der Waals surface area (Å²) in [5.41, 5.74) is 2.58. The highest BCUT2D eigenvalue weighted by Gasteiger charge is 2.43. The van der Waals surface area contributed by atoms with Crippen LogP contribution in [0, 0.1) is 13.8 Å². The highest BCUT2D eigenvalue weighted by Crippen LogP contribution is 2.41. The third-order valence-corrected chi connectivity index (χ3v) is 6.79. The lowest BCUT2D eigenvalue weighted by atomic mass is 9.81. The minimum absolute atomic E-state index is 0.222. The maximum atomic E-state index is 12.8. The fraction of sp³-hybridized carbons (Fsp3) is 0.636. The van der Waals surface area contributed by atoms with Crippen LogP contribution in [0.1, 0.15) is 72.9 Å². The smallest absolute Gasteiger partial charge is 0.170 e. The first kappa shape index (κ1) is 18.7. The number of carbonyl (C=O) groups is 1. The van der Waals surface area contributed by atoms with Crippen LogP contribution in [0.2, 0.25) is 0 Å². The number of Topliss-reactive ketones (excluding diaryl/α,β-unsaturated/α-hetero) is 1. The number of piperidine rings is 1. The molecule has 0 radical (unpaired) electrons. The molecule has 0 atom stereocenters. The predicted molar refractivity (Wildman–Crippen MR) is 112 cm³/mol. The number of nitrogens with one attached hydrogen (secondary N) is 1. The quantitative estimate of drug-likeness (QED) is 0.729. The van der Waals surface area contributed by atoms with E-state index in [1.165, 1.54) is 32.1 Å². The fourth-order valence-electron chi connectivity index (χ4n) is 4.85. The van der Waals surface area contributed by atoms with E-state index in [0.717, 1.165) is 53.5 Å². The number of rotatable bonds is 1. The zero-order valence-electron chi connectivity index (χ0n) is 16.5. The maximum Gasteiger partial charge on any atom is 0.170 e. The molecule has 146 valence electrons. The second-order valence-corrected chi connectivity index (χ2v) is 9.00. The predicted octanol–water partition coefficient (Wildman–Crippen LogP) is 4.31. The number of fused-ring (bicyclic) bond motifs is 1. The van der Waals surface area contributed by atoms with E-state index in [-0.39, 0.29) is 11.4 Å². The Hall–Kier alpha value is -1.62. The van der Waals surface area contributed by atoms with Gasteiger partial charge in [0.1, 0.15) is 11.4 Å². The Morgan fingerprint density at radius 3 is 2.59 bits per heavy atom. The molecule has 0 amide bonds. The van der Waals surface area contributed by atoms with E-state index in [9.17, 15) is 4.79 Å². The molecule has 1 aliphatic carbocycles. The van der Waals surface area contributed by atoms with Gasteiger partial charge in [-0.2, -0.15) is 0 Å². The van der Waals surface area contributed by atoms with Crippen molar-refractivity contribution in [2.45, 2.75) is 76.9 Å². The molecule has 2 heterocycles. The van der Waals surface area contributed by atoms with Gasteiger partial charge >= 0.3 is 0 Å². The lowest BCUT2D eigenvalue weighted by molar-refractivity contribution is 0.00291. The average molecular weight is 387 g/mol. The third-order valence-electron chi connectivity index (χ3n) is 6.42. The molecular weight excluding hydrogens is 356 g/mol. The zero-order valence-corrected chi connectivity index (χ0v) is 17.3. The summed E-state index contributed by atoms with van der Waals surface area (Å²) in [6.45, 7) is 5.78. The normalized spacial score (nSPS) is 22.3. The van der Waals surface area contributed by atoms with Crippen LogP contribution in [-0.2, 0) is 0 Å². The number of aryl methyl sites for hydroxylation is 2. The lowest BCUT2D eigenvalue weighted by Crippen LogP contribution is -2.55. The van der Waals surface area contributed by atoms with Gasteiger partial charge in [0.05, 0.1) is 12.0 Å². The molecule has 1 aromatic carbocycles. The van der Waals surface area contributed by atoms with Gasteiger partial charge in [0.25, 0.3) is 0 Å². The minimum Gasteiger partial charge on any atom is -0.486 e. The summed E-state index contributed by atoms with van der Waals surface area (Å²) in [4.78, 5) is 15.1. The van der Waals surface area contributed by atoms with Crippen molar-refractivity contribution in [1.82, 2.24) is 10.2 Å². The Kier molecular flexibility index (Phi) is 5.15. The molecule has 1 N–H and O–H groups in total. The molecule has 4 rings (SSSR count). The van der Waals surface area contributed by atoms with Crippen molar-refractivity contribution >= 4 is 23.1 Å². The van der Waals surface area contributed by atoms with Crippen molar-refractivity contribution in [3.05, 3.63) is 28.8 Å². The molecule has 1 saturated carbocycles. The number of ketones is 1. The molecule has 0 aromatic heterocycles. The van der Waals surface area contributed by atoms with Crippen molar-refractivity contribution in [1.29, 1.82) is 0 Å². The summed E-state index contributed by atoms with van der Waals surface area (Å²) in [5, 5.41) is 4.45. The highest BCUT2D eigenvalue weighted by atomic mass is 32.1. The van der Waals surface area contributed by atoms with Crippen LogP contribution in [0.25, 0.3) is 0 Å². The van der Waals surface area contributed by atoms with Gasteiger partial charge in [-0.25, -0.2) is 0 Å². The van der Waals surface area contributed by atoms with Gasteiger partial charge in [-0.3, -0.25) is 4.79 Å². The Labute approximate surface area is 167 Å². The number of hydrogen-bond donors (Lipinski definition) is 1. The van der Waals surface area contributed by atoms with Crippen molar-refractivity contribution in [2.24, 2.45) is 0 Å². The highest BCUT2D eigenvalue weighted by molar-refractivity contribution is 7.80. The van der Waals surface area contributed by atoms with E-state index in [0.29, 0.717) is 12.5 Å². The van der Waals surface area contributed by atoms with Gasteiger partial charge < -0.3 is 15.0 Å². The Morgan fingerprint density at radius 2 is 1.89 bits per heavy atom. The number of hydrogen-bond acceptors (Lipinski definition) is 3. The molecule has 1 spiro atoms. The summed E-state index contributed by atoms with van der Waals surface area (Å²) in [5.74, 6) is 1.02. The number of nitrogens with zero attached hydrogens (tertiary/aromatic N) is 1. The summed E-state index contributed by atoms with van der Waals surface area (Å²) < 4.78 is 6.48. The molecule has 5 heteroatoms. The van der Waals surface area contributed by atoms with Gasteiger partial charge in [0, 0.05) is 32.0 Å². The van der Waals surface area contributed by atoms with Crippen LogP contribution in [0.15, 0.2) is 12.1 Å². The summed E-state index contributed by atoms with van der Waals surface area (Å²) in [6, 6.07) is 4.60. The Bertz CT molecular complexity index is 747. The Balaban J connectivity index is 1.41. The van der Waals surface area contributed by atoms with Crippen LogP contribution in [0.5, 0.6) is 5.75 Å². The molecular formula is C22H30N2O2S. The number of benzene rings is 1. The number of likely N-dealkylation sites (tertiary alicyclic amines) is 1. The van der Waals surface area contributed by atoms with Crippen molar-refractivity contribution in [3.8, 4) is 5.75 Å². The van der Waals surface area contributed by atoms with Crippen LogP contribution in [-0.4, -0.2) is 40.5 Å². The summed E-state index contributed by atoms with van der Waals surface area (Å²) >= 11 is 5.67.